The molecule has 0 amide bonds. The largest absolute Gasteiger partial charge is 0.493 e. The quantitative estimate of drug-likeness (QED) is 0.649. The molecule has 1 aliphatic rings. The van der Waals surface area contributed by atoms with Crippen molar-refractivity contribution in [3.8, 4) is 11.5 Å². The van der Waals surface area contributed by atoms with Crippen LogP contribution in [0.1, 0.15) is 11.1 Å². The molecule has 3 rings (SSSR count). The van der Waals surface area contributed by atoms with E-state index in [1.165, 1.54) is 5.56 Å². The van der Waals surface area contributed by atoms with Gasteiger partial charge in [-0.1, -0.05) is 36.4 Å². The first-order valence-electron chi connectivity index (χ1n) is 9.64. The van der Waals surface area contributed by atoms with Crippen LogP contribution < -0.4 is 9.47 Å². The Morgan fingerprint density at radius 3 is 2.54 bits per heavy atom. The number of aliphatic hydroxyl groups is 2. The monoisotopic (exact) mass is 386 g/mol. The van der Waals surface area contributed by atoms with Gasteiger partial charge in [0.15, 0.2) is 11.5 Å². The van der Waals surface area contributed by atoms with E-state index in [0.29, 0.717) is 31.1 Å². The van der Waals surface area contributed by atoms with E-state index < -0.39 is 6.10 Å². The number of ether oxygens (including phenoxy) is 2. The van der Waals surface area contributed by atoms with Crippen molar-refractivity contribution in [2.75, 3.05) is 40.4 Å². The predicted molar refractivity (Wildman–Crippen MR) is 109 cm³/mol. The van der Waals surface area contributed by atoms with Crippen molar-refractivity contribution < 1.29 is 19.7 Å². The molecule has 1 aliphatic heterocycles. The van der Waals surface area contributed by atoms with Crippen LogP contribution in [0, 0.1) is 0 Å². The van der Waals surface area contributed by atoms with Crippen LogP contribution in [0.3, 0.4) is 0 Å². The lowest BCUT2D eigenvalue weighted by atomic mass is 10.1. The van der Waals surface area contributed by atoms with Gasteiger partial charge in [-0.2, -0.15) is 0 Å². The highest BCUT2D eigenvalue weighted by atomic mass is 16.5. The van der Waals surface area contributed by atoms with Crippen LogP contribution in [0.15, 0.2) is 48.5 Å². The number of methoxy groups -OCH3 is 1. The number of benzene rings is 2. The second kappa shape index (κ2) is 9.89. The Labute approximate surface area is 166 Å². The number of likely N-dealkylation sites (N-methyl/N-ethyl adjacent to an activating group) is 1. The summed E-state index contributed by atoms with van der Waals surface area (Å²) in [5.74, 6) is 1.28. The van der Waals surface area contributed by atoms with Crippen LogP contribution >= 0.6 is 0 Å². The summed E-state index contributed by atoms with van der Waals surface area (Å²) in [6.07, 6.45) is -0.815. The molecule has 0 spiro atoms. The number of nitrogens with zero attached hydrogens (tertiary/aromatic N) is 2. The summed E-state index contributed by atoms with van der Waals surface area (Å²) in [6.45, 7) is 3.66. The maximum absolute atomic E-state index is 10.4. The van der Waals surface area contributed by atoms with Gasteiger partial charge in [0, 0.05) is 32.7 Å². The summed E-state index contributed by atoms with van der Waals surface area (Å²) < 4.78 is 11.3. The Hall–Kier alpha value is -2.12. The third-order valence-corrected chi connectivity index (χ3v) is 4.82. The van der Waals surface area contributed by atoms with Gasteiger partial charge in [0.2, 0.25) is 0 Å². The summed E-state index contributed by atoms with van der Waals surface area (Å²) in [6, 6.07) is 16.0. The lowest BCUT2D eigenvalue weighted by molar-refractivity contribution is -0.00293. The fraction of sp³-hybridized carbons (Fsp3) is 0.455. The molecule has 6 heteroatoms. The van der Waals surface area contributed by atoms with Crippen molar-refractivity contribution in [1.82, 2.24) is 9.80 Å². The van der Waals surface area contributed by atoms with Crippen molar-refractivity contribution in [1.29, 1.82) is 0 Å². The lowest BCUT2D eigenvalue weighted by Gasteiger charge is -2.35. The maximum Gasteiger partial charge on any atom is 0.161 e. The van der Waals surface area contributed by atoms with E-state index in [9.17, 15) is 10.2 Å². The normalized spacial score (nSPS) is 16.0. The molecule has 2 aromatic carbocycles. The molecule has 1 atom stereocenters. The van der Waals surface area contributed by atoms with Crippen molar-refractivity contribution >= 4 is 0 Å². The van der Waals surface area contributed by atoms with Crippen LogP contribution in [0.5, 0.6) is 11.5 Å². The topological polar surface area (TPSA) is 65.4 Å². The number of aliphatic hydroxyl groups excluding tert-OH is 2. The van der Waals surface area contributed by atoms with Gasteiger partial charge in [0.05, 0.1) is 13.2 Å². The molecule has 1 fully saturated rings. The van der Waals surface area contributed by atoms with Gasteiger partial charge in [-0.25, -0.2) is 0 Å². The minimum Gasteiger partial charge on any atom is -0.493 e. The van der Waals surface area contributed by atoms with Gasteiger partial charge in [0.1, 0.15) is 12.7 Å². The van der Waals surface area contributed by atoms with E-state index in [2.05, 4.69) is 21.9 Å². The second-order valence-electron chi connectivity index (χ2n) is 7.48. The SMILES string of the molecule is COc1ccc(CN2CC(O)C2)cc1OC[C@@H](O)CN(C)Cc1ccccc1. The smallest absolute Gasteiger partial charge is 0.161 e. The number of rotatable bonds is 10. The number of likely N-dealkylation sites (tertiary alicyclic amines) is 1. The highest BCUT2D eigenvalue weighted by Crippen LogP contribution is 2.29. The summed E-state index contributed by atoms with van der Waals surface area (Å²) in [5, 5.41) is 19.8. The number of β-amino-alcohol motifs (C(OH)–C–C–N with tert-alkyl or cyclic N) is 1. The van der Waals surface area contributed by atoms with Crippen LogP contribution in [0.2, 0.25) is 0 Å². The Morgan fingerprint density at radius 1 is 1.11 bits per heavy atom. The molecule has 2 N–H and O–H groups in total. The van der Waals surface area contributed by atoms with E-state index in [1.807, 2.05) is 43.4 Å². The van der Waals surface area contributed by atoms with Gasteiger partial charge in [-0.3, -0.25) is 9.80 Å². The molecule has 1 heterocycles. The Balaban J connectivity index is 1.50. The summed E-state index contributed by atoms with van der Waals surface area (Å²) >= 11 is 0. The predicted octanol–water partition coefficient (Wildman–Crippen LogP) is 1.74. The first kappa shape index (κ1) is 20.6. The first-order valence-corrected chi connectivity index (χ1v) is 9.64. The molecule has 0 unspecified atom stereocenters. The van der Waals surface area contributed by atoms with E-state index in [-0.39, 0.29) is 12.7 Å². The molecule has 1 saturated heterocycles. The molecule has 2 aromatic rings. The molecular weight excluding hydrogens is 356 g/mol. The minimum absolute atomic E-state index is 0.196. The van der Waals surface area contributed by atoms with Crippen molar-refractivity contribution in [3.05, 3.63) is 59.7 Å². The van der Waals surface area contributed by atoms with Gasteiger partial charge >= 0.3 is 0 Å². The third kappa shape index (κ3) is 5.94. The van der Waals surface area contributed by atoms with Gasteiger partial charge in [-0.15, -0.1) is 0 Å². The molecule has 0 aromatic heterocycles. The Bertz CT molecular complexity index is 735. The van der Waals surface area contributed by atoms with Gasteiger partial charge in [0.25, 0.3) is 0 Å². The average Bonchev–Trinajstić information content (AvgIpc) is 2.66. The van der Waals surface area contributed by atoms with E-state index in [4.69, 9.17) is 9.47 Å². The second-order valence-corrected chi connectivity index (χ2v) is 7.48. The average molecular weight is 386 g/mol. The minimum atomic E-state index is -0.604. The van der Waals surface area contributed by atoms with Crippen LogP contribution in [-0.2, 0) is 13.1 Å². The third-order valence-electron chi connectivity index (χ3n) is 4.82. The zero-order valence-electron chi connectivity index (χ0n) is 16.6. The van der Waals surface area contributed by atoms with Gasteiger partial charge < -0.3 is 19.7 Å². The molecular formula is C22H30N2O4. The fourth-order valence-electron chi connectivity index (χ4n) is 3.42. The zero-order chi connectivity index (χ0) is 19.9. The zero-order valence-corrected chi connectivity index (χ0v) is 16.6. The summed E-state index contributed by atoms with van der Waals surface area (Å²) in [4.78, 5) is 4.25. The molecule has 152 valence electrons. The number of hydrogen-bond acceptors (Lipinski definition) is 6. The molecule has 0 radical (unpaired) electrons. The Morgan fingerprint density at radius 2 is 1.86 bits per heavy atom. The highest BCUT2D eigenvalue weighted by molar-refractivity contribution is 5.43. The molecule has 0 bridgehead atoms. The molecule has 0 saturated carbocycles. The first-order chi connectivity index (χ1) is 13.5. The molecule has 0 aliphatic carbocycles. The molecule has 6 nitrogen and oxygen atoms in total. The highest BCUT2D eigenvalue weighted by Gasteiger charge is 2.24. The Kier molecular flexibility index (Phi) is 7.28. The van der Waals surface area contributed by atoms with E-state index in [0.717, 1.165) is 18.7 Å². The van der Waals surface area contributed by atoms with E-state index in [1.54, 1.807) is 7.11 Å². The lowest BCUT2D eigenvalue weighted by Crippen LogP contribution is -2.49. The van der Waals surface area contributed by atoms with E-state index >= 15 is 0 Å². The molecule has 28 heavy (non-hydrogen) atoms. The van der Waals surface area contributed by atoms with Crippen molar-refractivity contribution in [2.45, 2.75) is 25.3 Å². The standard InChI is InChI=1S/C22H30N2O4/c1-23(11-17-6-4-3-5-7-17)13-20(26)16-28-22-10-18(8-9-21(22)27-2)12-24-14-19(25)15-24/h3-10,19-20,25-26H,11-16H2,1-2H3/t20-/m0/s1. The number of hydrogen-bond donors (Lipinski definition) is 2. The van der Waals surface area contributed by atoms with Crippen molar-refractivity contribution in [2.24, 2.45) is 0 Å². The van der Waals surface area contributed by atoms with Crippen LogP contribution in [0.4, 0.5) is 0 Å². The van der Waals surface area contributed by atoms with Gasteiger partial charge in [-0.05, 0) is 30.3 Å². The fourth-order valence-corrected chi connectivity index (χ4v) is 3.42. The summed E-state index contributed by atoms with van der Waals surface area (Å²) in [7, 11) is 3.59. The van der Waals surface area contributed by atoms with Crippen LogP contribution in [-0.4, -0.2) is 72.6 Å². The van der Waals surface area contributed by atoms with Crippen LogP contribution in [0.25, 0.3) is 0 Å². The van der Waals surface area contributed by atoms with Crippen molar-refractivity contribution in [3.63, 3.8) is 0 Å². The maximum atomic E-state index is 10.4. The summed E-state index contributed by atoms with van der Waals surface area (Å²) in [5.41, 5.74) is 2.31.